The van der Waals surface area contributed by atoms with Crippen LogP contribution in [0.4, 0.5) is 0 Å². The number of hydrogen-bond donors (Lipinski definition) is 0. The second kappa shape index (κ2) is 15.7. The molecule has 0 aliphatic heterocycles. The van der Waals surface area contributed by atoms with Gasteiger partial charge in [0, 0.05) is 16.7 Å². The summed E-state index contributed by atoms with van der Waals surface area (Å²) in [6.07, 6.45) is 0. The van der Waals surface area contributed by atoms with Crippen LogP contribution in [0.3, 0.4) is 0 Å². The Morgan fingerprint density at radius 3 is 1.34 bits per heavy atom. The van der Waals surface area contributed by atoms with Gasteiger partial charge in [0.2, 0.25) is 0 Å². The van der Waals surface area contributed by atoms with Crippen molar-refractivity contribution in [3.8, 4) is 78.7 Å². The monoisotopic (exact) mass is 813 g/mol. The van der Waals surface area contributed by atoms with Crippen LogP contribution in [0.15, 0.2) is 237 Å². The zero-order valence-corrected chi connectivity index (χ0v) is 34.9. The zero-order chi connectivity index (χ0) is 42.4. The first kappa shape index (κ1) is 37.2. The van der Waals surface area contributed by atoms with Gasteiger partial charge in [-0.05, 0) is 93.7 Å². The van der Waals surface area contributed by atoms with Crippen molar-refractivity contribution in [1.82, 2.24) is 15.0 Å². The fourth-order valence-electron chi connectivity index (χ4n) is 9.35. The summed E-state index contributed by atoms with van der Waals surface area (Å²) >= 11 is 0. The third-order valence-corrected chi connectivity index (χ3v) is 12.6. The molecule has 0 bridgehead atoms. The van der Waals surface area contributed by atoms with Crippen LogP contribution in [0.25, 0.3) is 122 Å². The second-order valence-corrected chi connectivity index (χ2v) is 16.3. The maximum absolute atomic E-state index is 5.18. The summed E-state index contributed by atoms with van der Waals surface area (Å²) < 4.78 is 0. The molecule has 1 heterocycles. The van der Waals surface area contributed by atoms with Gasteiger partial charge >= 0.3 is 0 Å². The van der Waals surface area contributed by atoms with Gasteiger partial charge in [0.15, 0.2) is 17.5 Å². The minimum Gasteiger partial charge on any atom is -0.208 e. The summed E-state index contributed by atoms with van der Waals surface area (Å²) in [5.74, 6) is 1.88. The Labute approximate surface area is 371 Å². The lowest BCUT2D eigenvalue weighted by atomic mass is 9.89. The van der Waals surface area contributed by atoms with Crippen molar-refractivity contribution in [2.24, 2.45) is 0 Å². The van der Waals surface area contributed by atoms with Crippen molar-refractivity contribution in [1.29, 1.82) is 0 Å². The highest BCUT2D eigenvalue weighted by molar-refractivity contribution is 6.20. The minimum atomic E-state index is 0.623. The van der Waals surface area contributed by atoms with Crippen molar-refractivity contribution in [3.63, 3.8) is 0 Å². The Morgan fingerprint density at radius 2 is 0.656 bits per heavy atom. The third-order valence-electron chi connectivity index (χ3n) is 12.6. The van der Waals surface area contributed by atoms with E-state index < -0.39 is 0 Å². The Hall–Kier alpha value is -8.53. The topological polar surface area (TPSA) is 38.7 Å². The molecule has 3 nitrogen and oxygen atoms in total. The molecule has 0 aliphatic rings. The number of benzene rings is 11. The van der Waals surface area contributed by atoms with E-state index in [4.69, 9.17) is 15.0 Å². The van der Waals surface area contributed by atoms with E-state index in [0.717, 1.165) is 44.5 Å². The lowest BCUT2D eigenvalue weighted by Gasteiger charge is -2.14. The minimum absolute atomic E-state index is 0.623. The molecule has 0 fully saturated rings. The summed E-state index contributed by atoms with van der Waals surface area (Å²) in [4.78, 5) is 15.5. The van der Waals surface area contributed by atoms with E-state index in [9.17, 15) is 0 Å². The number of hydrogen-bond acceptors (Lipinski definition) is 3. The highest BCUT2D eigenvalue weighted by Gasteiger charge is 2.17. The Balaban J connectivity index is 0.921. The van der Waals surface area contributed by atoms with Crippen molar-refractivity contribution in [2.75, 3.05) is 0 Å². The number of fused-ring (bicyclic) bond motifs is 5. The molecule has 0 N–H and O–H groups in total. The average Bonchev–Trinajstić information content (AvgIpc) is 3.38. The first-order valence-corrected chi connectivity index (χ1v) is 21.8. The highest BCUT2D eigenvalue weighted by Crippen LogP contribution is 2.40. The molecule has 1 aromatic heterocycles. The summed E-state index contributed by atoms with van der Waals surface area (Å²) in [6.45, 7) is 0. The van der Waals surface area contributed by atoms with Crippen LogP contribution in [0.2, 0.25) is 0 Å². The number of nitrogens with zero attached hydrogens (tertiary/aromatic N) is 3. The van der Waals surface area contributed by atoms with E-state index in [2.05, 4.69) is 231 Å². The first-order valence-electron chi connectivity index (χ1n) is 21.8. The molecular formula is C61H39N3. The Morgan fingerprint density at radius 1 is 0.203 bits per heavy atom. The summed E-state index contributed by atoms with van der Waals surface area (Å²) in [7, 11) is 0. The van der Waals surface area contributed by atoms with E-state index in [0.29, 0.717) is 17.5 Å². The molecule has 0 radical (unpaired) electrons. The molecule has 298 valence electrons. The van der Waals surface area contributed by atoms with Crippen molar-refractivity contribution in [2.45, 2.75) is 0 Å². The van der Waals surface area contributed by atoms with Crippen LogP contribution in [0, 0.1) is 0 Å². The van der Waals surface area contributed by atoms with E-state index in [1.807, 2.05) is 6.07 Å². The van der Waals surface area contributed by atoms with Crippen molar-refractivity contribution < 1.29 is 0 Å². The summed E-state index contributed by atoms with van der Waals surface area (Å²) in [5.41, 5.74) is 12.1. The van der Waals surface area contributed by atoms with Crippen molar-refractivity contribution in [3.05, 3.63) is 237 Å². The average molecular weight is 814 g/mol. The standard InChI is InChI=1S/C61H39N3/c1-2-13-42(14-3-1)52-20-10-11-23-56(52)61-63-59(62-60(64-61)48-35-29-45(30-36-48)51-24-12-18-43-15-4-7-19-50(43)51)47-33-27-41(28-34-47)40-25-31-46(32-26-40)58-54-22-9-6-17-49(54)39-57-53-21-8-5-16-44(53)37-38-55(57)58/h1-39H. The molecule has 12 rings (SSSR count). The predicted molar refractivity (Wildman–Crippen MR) is 268 cm³/mol. The van der Waals surface area contributed by atoms with Gasteiger partial charge in [-0.2, -0.15) is 0 Å². The highest BCUT2D eigenvalue weighted by atomic mass is 15.0. The maximum atomic E-state index is 5.18. The molecule has 0 aliphatic carbocycles. The smallest absolute Gasteiger partial charge is 0.164 e. The van der Waals surface area contributed by atoms with Crippen LogP contribution in [0.1, 0.15) is 0 Å². The van der Waals surface area contributed by atoms with E-state index in [1.54, 1.807) is 0 Å². The quantitative estimate of drug-likeness (QED) is 0.119. The molecule has 3 heteroatoms. The molecule has 0 unspecified atom stereocenters. The molecule has 64 heavy (non-hydrogen) atoms. The van der Waals surface area contributed by atoms with Crippen LogP contribution >= 0.6 is 0 Å². The van der Waals surface area contributed by atoms with Gasteiger partial charge in [-0.25, -0.2) is 15.0 Å². The fraction of sp³-hybridized carbons (Fsp3) is 0. The lowest BCUT2D eigenvalue weighted by molar-refractivity contribution is 1.07. The normalized spacial score (nSPS) is 11.4. The second-order valence-electron chi connectivity index (χ2n) is 16.3. The molecule has 0 saturated heterocycles. The van der Waals surface area contributed by atoms with Crippen LogP contribution in [-0.4, -0.2) is 15.0 Å². The Kier molecular flexibility index (Phi) is 9.16. The van der Waals surface area contributed by atoms with Crippen molar-refractivity contribution >= 4 is 43.1 Å². The largest absolute Gasteiger partial charge is 0.208 e. The molecule has 12 aromatic rings. The zero-order valence-electron chi connectivity index (χ0n) is 34.9. The molecule has 0 saturated carbocycles. The van der Waals surface area contributed by atoms with E-state index >= 15 is 0 Å². The van der Waals surface area contributed by atoms with Gasteiger partial charge in [0.05, 0.1) is 0 Å². The van der Waals surface area contributed by atoms with Gasteiger partial charge < -0.3 is 0 Å². The van der Waals surface area contributed by atoms with Crippen LogP contribution < -0.4 is 0 Å². The van der Waals surface area contributed by atoms with Gasteiger partial charge in [0.1, 0.15) is 0 Å². The van der Waals surface area contributed by atoms with Gasteiger partial charge in [-0.15, -0.1) is 0 Å². The molecule has 11 aromatic carbocycles. The molecule has 0 atom stereocenters. The van der Waals surface area contributed by atoms with Crippen LogP contribution in [0.5, 0.6) is 0 Å². The fourth-order valence-corrected chi connectivity index (χ4v) is 9.35. The van der Waals surface area contributed by atoms with E-state index in [-0.39, 0.29) is 0 Å². The molecule has 0 spiro atoms. The number of aromatic nitrogens is 3. The first-order chi connectivity index (χ1) is 31.7. The van der Waals surface area contributed by atoms with Gasteiger partial charge in [-0.1, -0.05) is 231 Å². The Bertz CT molecular complexity index is 3680. The van der Waals surface area contributed by atoms with Gasteiger partial charge in [0.25, 0.3) is 0 Å². The predicted octanol–water partition coefficient (Wildman–Crippen LogP) is 16.2. The lowest BCUT2D eigenvalue weighted by Crippen LogP contribution is -2.01. The molecule has 0 amide bonds. The summed E-state index contributed by atoms with van der Waals surface area (Å²) in [5, 5.41) is 10.0. The third kappa shape index (κ3) is 6.68. The molecular weight excluding hydrogens is 775 g/mol. The SMILES string of the molecule is c1ccc(-c2ccccc2-c2nc(-c3ccc(-c4ccc(-c5c6ccccc6cc6c5ccc5ccccc56)cc4)cc3)nc(-c3ccc(-c4cccc5ccccc45)cc3)n2)cc1. The number of rotatable bonds is 7. The summed E-state index contributed by atoms with van der Waals surface area (Å²) in [6, 6.07) is 84.2. The van der Waals surface area contributed by atoms with E-state index in [1.165, 1.54) is 59.8 Å². The maximum Gasteiger partial charge on any atom is 0.164 e. The van der Waals surface area contributed by atoms with Crippen LogP contribution in [-0.2, 0) is 0 Å². The van der Waals surface area contributed by atoms with Gasteiger partial charge in [-0.3, -0.25) is 0 Å².